The number of aromatic nitrogens is 1. The molecule has 0 bridgehead atoms. The topological polar surface area (TPSA) is 100 Å². The number of benzene rings is 2. The lowest BCUT2D eigenvalue weighted by Gasteiger charge is -1.99. The maximum atomic E-state index is 11.0. The van der Waals surface area contributed by atoms with Crippen LogP contribution in [0.1, 0.15) is 11.4 Å². The zero-order chi connectivity index (χ0) is 18.1. The van der Waals surface area contributed by atoms with Gasteiger partial charge in [-0.3, -0.25) is 4.55 Å². The highest BCUT2D eigenvalue weighted by molar-refractivity contribution is 8.03. The average molecular weight is 423 g/mol. The van der Waals surface area contributed by atoms with Gasteiger partial charge in [-0.1, -0.05) is 47.4 Å². The van der Waals surface area contributed by atoms with Crippen LogP contribution in [-0.2, 0) is 16.7 Å². The van der Waals surface area contributed by atoms with Gasteiger partial charge in [0, 0.05) is 17.4 Å². The normalized spacial score (nSPS) is 14.8. The summed E-state index contributed by atoms with van der Waals surface area (Å²) >= 11 is 3.35. The van der Waals surface area contributed by atoms with Gasteiger partial charge in [-0.15, -0.1) is 0 Å². The molecule has 2 aromatic carbocycles. The molecule has 0 aliphatic carbocycles. The Morgan fingerprint density at radius 2 is 1.85 bits per heavy atom. The summed E-state index contributed by atoms with van der Waals surface area (Å²) in [4.78, 5) is 1.19. The number of para-hydroxylation sites is 2. The highest BCUT2D eigenvalue weighted by Crippen LogP contribution is 2.41. The van der Waals surface area contributed by atoms with Gasteiger partial charge in [-0.05, 0) is 18.2 Å². The Labute approximate surface area is 165 Å². The van der Waals surface area contributed by atoms with E-state index in [0.29, 0.717) is 13.0 Å². The smallest absolute Gasteiger partial charge is 0.265 e. The third-order valence-corrected chi connectivity index (χ3v) is 6.97. The predicted molar refractivity (Wildman–Crippen MR) is 109 cm³/mol. The van der Waals surface area contributed by atoms with Crippen molar-refractivity contribution in [3.05, 3.63) is 58.6 Å². The number of anilines is 1. The van der Waals surface area contributed by atoms with Crippen LogP contribution in [0.25, 0.3) is 16.3 Å². The molecule has 3 aromatic rings. The van der Waals surface area contributed by atoms with E-state index in [1.807, 2.05) is 36.4 Å². The van der Waals surface area contributed by atoms with Crippen LogP contribution in [0, 0.1) is 0 Å². The first-order valence-corrected chi connectivity index (χ1v) is 11.4. The Morgan fingerprint density at radius 3 is 2.63 bits per heavy atom. The summed E-state index contributed by atoms with van der Waals surface area (Å²) in [6.07, 6.45) is 2.46. The molecule has 0 saturated carbocycles. The number of nitrogens with one attached hydrogen (secondary N) is 1. The van der Waals surface area contributed by atoms with E-state index in [-0.39, 0.29) is 11.2 Å². The molecule has 9 heteroatoms. The summed E-state index contributed by atoms with van der Waals surface area (Å²) in [5, 5.41) is 5.50. The number of thioether (sulfide) groups is 1. The quantitative estimate of drug-likeness (QED) is 0.479. The molecule has 27 heavy (non-hydrogen) atoms. The van der Waals surface area contributed by atoms with Crippen LogP contribution < -0.4 is 9.88 Å². The van der Waals surface area contributed by atoms with E-state index < -0.39 is 10.1 Å². The third-order valence-electron chi connectivity index (χ3n) is 4.04. The Balaban J connectivity index is 0.00000210. The fourth-order valence-electron chi connectivity index (χ4n) is 2.91. The lowest BCUT2D eigenvalue weighted by molar-refractivity contribution is -0.668. The number of nitrogens with zero attached hydrogens (tertiary/aromatic N) is 1. The van der Waals surface area contributed by atoms with Crippen molar-refractivity contribution in [2.45, 2.75) is 17.9 Å². The van der Waals surface area contributed by atoms with E-state index >= 15 is 0 Å². The van der Waals surface area contributed by atoms with Crippen LogP contribution >= 0.6 is 23.1 Å². The standard InChI is InChI=1S/C18H16N2O3S3.H2O/c21-26(22,23)11-5-10-20-14-7-2-4-9-16(14)25-18(20)12-17-19-13-6-1-3-8-15(13)24-17;/h1-4,6-9,12H,5,10-11H2,(H,21,22,23);1H2. The minimum atomic E-state index is -3.94. The monoisotopic (exact) mass is 422 g/mol. The fourth-order valence-corrected chi connectivity index (χ4v) is 5.55. The van der Waals surface area contributed by atoms with Crippen molar-refractivity contribution < 1.29 is 23.0 Å². The maximum Gasteiger partial charge on any atom is 0.265 e. The van der Waals surface area contributed by atoms with Crippen LogP contribution in [0.15, 0.2) is 58.5 Å². The van der Waals surface area contributed by atoms with Gasteiger partial charge in [0.15, 0.2) is 6.54 Å². The zero-order valence-corrected chi connectivity index (χ0v) is 16.6. The summed E-state index contributed by atoms with van der Waals surface area (Å²) in [6, 6.07) is 16.2. The Bertz CT molecular complexity index is 1080. The second kappa shape index (κ2) is 7.99. The molecule has 2 heterocycles. The van der Waals surface area contributed by atoms with Gasteiger partial charge in [-0.25, -0.2) is 0 Å². The van der Waals surface area contributed by atoms with Gasteiger partial charge in [0.25, 0.3) is 15.1 Å². The van der Waals surface area contributed by atoms with Crippen molar-refractivity contribution in [2.75, 3.05) is 11.1 Å². The third kappa shape index (κ3) is 4.50. The van der Waals surface area contributed by atoms with Crippen LogP contribution in [0.2, 0.25) is 0 Å². The molecule has 3 N–H and O–H groups in total. The molecule has 1 aliphatic heterocycles. The minimum absolute atomic E-state index is 0. The lowest BCUT2D eigenvalue weighted by Crippen LogP contribution is -2.36. The first-order valence-electron chi connectivity index (χ1n) is 8.12. The van der Waals surface area contributed by atoms with Crippen LogP contribution in [0.4, 0.5) is 5.69 Å². The summed E-state index contributed by atoms with van der Waals surface area (Å²) in [5.41, 5.74) is 2.17. The molecule has 0 radical (unpaired) electrons. The molecule has 0 amide bonds. The van der Waals surface area contributed by atoms with Crippen LogP contribution in [-0.4, -0.2) is 24.2 Å². The molecule has 142 valence electrons. The first kappa shape index (κ1) is 19.8. The molecule has 0 atom stereocenters. The predicted octanol–water partition coefficient (Wildman–Crippen LogP) is 3.81. The number of thiazole rings is 1. The highest BCUT2D eigenvalue weighted by Gasteiger charge is 2.22. The molecule has 0 unspecified atom stereocenters. The average Bonchev–Trinajstić information content (AvgIpc) is 3.15. The Morgan fingerprint density at radius 1 is 1.11 bits per heavy atom. The van der Waals surface area contributed by atoms with Crippen molar-refractivity contribution in [1.82, 2.24) is 0 Å². The summed E-state index contributed by atoms with van der Waals surface area (Å²) in [7, 11) is -3.94. The fraction of sp³-hybridized carbons (Fsp3) is 0.167. The minimum Gasteiger partial charge on any atom is -0.870 e. The SMILES string of the molecule is O=S(=O)(O)CCC[n+]1c(C=C2Nc3ccccc3S2)sc2ccccc21.[OH-]. The second-order valence-corrected chi connectivity index (χ2v) is 9.65. The van der Waals surface area contributed by atoms with Gasteiger partial charge < -0.3 is 10.8 Å². The van der Waals surface area contributed by atoms with Gasteiger partial charge >= 0.3 is 0 Å². The van der Waals surface area contributed by atoms with E-state index in [1.165, 1.54) is 4.90 Å². The Kier molecular flexibility index (Phi) is 5.87. The van der Waals surface area contributed by atoms with Crippen molar-refractivity contribution in [3.8, 4) is 0 Å². The van der Waals surface area contributed by atoms with Crippen molar-refractivity contribution >= 4 is 55.2 Å². The molecule has 1 aliphatic rings. The van der Waals surface area contributed by atoms with E-state index in [2.05, 4.69) is 28.1 Å². The molecule has 4 rings (SSSR count). The number of rotatable bonds is 5. The molecule has 6 nitrogen and oxygen atoms in total. The van der Waals surface area contributed by atoms with Gasteiger partial charge in [-0.2, -0.15) is 13.0 Å². The van der Waals surface area contributed by atoms with Crippen molar-refractivity contribution in [3.63, 3.8) is 0 Å². The lowest BCUT2D eigenvalue weighted by atomic mass is 10.3. The van der Waals surface area contributed by atoms with Crippen LogP contribution in [0.5, 0.6) is 0 Å². The van der Waals surface area contributed by atoms with Crippen molar-refractivity contribution in [1.29, 1.82) is 0 Å². The molecular formula is C18H18N2O4S3. The summed E-state index contributed by atoms with van der Waals surface area (Å²) < 4.78 is 34.3. The Hall–Kier alpha value is -1.91. The molecular weight excluding hydrogens is 404 g/mol. The molecule has 0 saturated heterocycles. The summed E-state index contributed by atoms with van der Waals surface area (Å²) in [5.74, 6) is -0.237. The van der Waals surface area contributed by atoms with Gasteiger partial charge in [0.1, 0.15) is 4.70 Å². The van der Waals surface area contributed by atoms with Crippen molar-refractivity contribution in [2.24, 2.45) is 0 Å². The van der Waals surface area contributed by atoms with E-state index in [0.717, 1.165) is 25.9 Å². The van der Waals surface area contributed by atoms with Gasteiger partial charge in [0.2, 0.25) is 5.52 Å². The van der Waals surface area contributed by atoms with Crippen LogP contribution in [0.3, 0.4) is 0 Å². The first-order chi connectivity index (χ1) is 12.5. The van der Waals surface area contributed by atoms with E-state index in [1.54, 1.807) is 23.1 Å². The molecule has 1 aromatic heterocycles. The van der Waals surface area contributed by atoms with Gasteiger partial charge in [0.05, 0.1) is 22.5 Å². The number of fused-ring (bicyclic) bond motifs is 2. The second-order valence-electron chi connectivity index (χ2n) is 5.93. The largest absolute Gasteiger partial charge is 0.870 e. The maximum absolute atomic E-state index is 11.0. The van der Waals surface area contributed by atoms with E-state index in [4.69, 9.17) is 4.55 Å². The molecule has 0 fully saturated rings. The number of aryl methyl sites for hydroxylation is 1. The highest BCUT2D eigenvalue weighted by atomic mass is 32.2. The number of hydrogen-bond donors (Lipinski definition) is 2. The number of hydrogen-bond acceptors (Lipinski definition) is 6. The molecule has 0 spiro atoms. The summed E-state index contributed by atoms with van der Waals surface area (Å²) in [6.45, 7) is 0.528. The zero-order valence-electron chi connectivity index (χ0n) is 14.2. The van der Waals surface area contributed by atoms with E-state index in [9.17, 15) is 8.42 Å².